The van der Waals surface area contributed by atoms with Crippen LogP contribution in [-0.2, 0) is 9.47 Å². The summed E-state index contributed by atoms with van der Waals surface area (Å²) >= 11 is 0. The summed E-state index contributed by atoms with van der Waals surface area (Å²) in [6.45, 7) is 2.50. The van der Waals surface area contributed by atoms with Crippen LogP contribution < -0.4 is 5.73 Å². The van der Waals surface area contributed by atoms with Gasteiger partial charge >= 0.3 is 5.97 Å². The standard InChI is InChI=1S/C13H17NO3/c1-9-11(3-2-4-12(9)14)13(15)17-8-16-7-10-5-6-10/h2-4,10H,5-8,14H2,1H3. The summed E-state index contributed by atoms with van der Waals surface area (Å²) in [5.41, 5.74) is 7.57. The first-order valence-corrected chi connectivity index (χ1v) is 5.78. The molecule has 0 aliphatic heterocycles. The lowest BCUT2D eigenvalue weighted by molar-refractivity contribution is -0.0345. The molecule has 1 aliphatic carbocycles. The molecule has 2 rings (SSSR count). The summed E-state index contributed by atoms with van der Waals surface area (Å²) in [7, 11) is 0. The number of benzene rings is 1. The predicted molar refractivity (Wildman–Crippen MR) is 64.5 cm³/mol. The van der Waals surface area contributed by atoms with Gasteiger partial charge in [0.1, 0.15) is 0 Å². The lowest BCUT2D eigenvalue weighted by Crippen LogP contribution is -2.11. The van der Waals surface area contributed by atoms with E-state index in [1.807, 2.05) is 0 Å². The molecule has 92 valence electrons. The van der Waals surface area contributed by atoms with Crippen molar-refractivity contribution in [3.63, 3.8) is 0 Å². The highest BCUT2D eigenvalue weighted by molar-refractivity contribution is 5.92. The van der Waals surface area contributed by atoms with E-state index in [0.717, 1.165) is 5.56 Å². The fourth-order valence-corrected chi connectivity index (χ4v) is 1.55. The highest BCUT2D eigenvalue weighted by atomic mass is 16.7. The van der Waals surface area contributed by atoms with Crippen LogP contribution in [0.1, 0.15) is 28.8 Å². The Balaban J connectivity index is 1.83. The summed E-state index contributed by atoms with van der Waals surface area (Å²) in [5.74, 6) is 0.286. The number of anilines is 1. The van der Waals surface area contributed by atoms with Crippen LogP contribution in [0, 0.1) is 12.8 Å². The van der Waals surface area contributed by atoms with Crippen molar-refractivity contribution in [2.45, 2.75) is 19.8 Å². The molecular weight excluding hydrogens is 218 g/mol. The van der Waals surface area contributed by atoms with Gasteiger partial charge in [-0.2, -0.15) is 0 Å². The Kier molecular flexibility index (Phi) is 3.64. The van der Waals surface area contributed by atoms with Crippen molar-refractivity contribution in [1.29, 1.82) is 0 Å². The summed E-state index contributed by atoms with van der Waals surface area (Å²) < 4.78 is 10.3. The molecule has 1 aromatic carbocycles. The van der Waals surface area contributed by atoms with Gasteiger partial charge in [-0.15, -0.1) is 0 Å². The van der Waals surface area contributed by atoms with Gasteiger partial charge in [0.25, 0.3) is 0 Å². The zero-order valence-corrected chi connectivity index (χ0v) is 9.94. The highest BCUT2D eigenvalue weighted by Gasteiger charge is 2.21. The van der Waals surface area contributed by atoms with Crippen LogP contribution in [-0.4, -0.2) is 19.4 Å². The molecule has 0 radical (unpaired) electrons. The third-order valence-corrected chi connectivity index (χ3v) is 2.92. The van der Waals surface area contributed by atoms with Gasteiger partial charge < -0.3 is 15.2 Å². The Morgan fingerprint density at radius 2 is 2.24 bits per heavy atom. The third kappa shape index (κ3) is 3.20. The first kappa shape index (κ1) is 11.9. The van der Waals surface area contributed by atoms with Gasteiger partial charge in [-0.3, -0.25) is 0 Å². The smallest absolute Gasteiger partial charge is 0.340 e. The average Bonchev–Trinajstić information content (AvgIpc) is 3.12. The predicted octanol–water partition coefficient (Wildman–Crippen LogP) is 2.12. The minimum absolute atomic E-state index is 0.0174. The molecule has 0 heterocycles. The van der Waals surface area contributed by atoms with Crippen LogP contribution in [0.25, 0.3) is 0 Å². The van der Waals surface area contributed by atoms with Crippen LogP contribution in [0.15, 0.2) is 18.2 Å². The quantitative estimate of drug-likeness (QED) is 0.367. The van der Waals surface area contributed by atoms with Crippen molar-refractivity contribution in [3.05, 3.63) is 29.3 Å². The SMILES string of the molecule is Cc1c(N)cccc1C(=O)OCOCC1CC1. The van der Waals surface area contributed by atoms with Crippen molar-refractivity contribution in [3.8, 4) is 0 Å². The highest BCUT2D eigenvalue weighted by Crippen LogP contribution is 2.28. The second-order valence-corrected chi connectivity index (χ2v) is 4.38. The largest absolute Gasteiger partial charge is 0.435 e. The number of nitrogen functional groups attached to an aromatic ring is 1. The molecule has 1 aromatic rings. The Hall–Kier alpha value is -1.55. The minimum atomic E-state index is -0.384. The second-order valence-electron chi connectivity index (χ2n) is 4.38. The van der Waals surface area contributed by atoms with Crippen molar-refractivity contribution < 1.29 is 14.3 Å². The fraction of sp³-hybridized carbons (Fsp3) is 0.462. The van der Waals surface area contributed by atoms with E-state index in [2.05, 4.69) is 0 Å². The minimum Gasteiger partial charge on any atom is -0.435 e. The first-order valence-electron chi connectivity index (χ1n) is 5.78. The number of nitrogens with two attached hydrogens (primary N) is 1. The summed E-state index contributed by atoms with van der Waals surface area (Å²) in [6, 6.07) is 5.20. The van der Waals surface area contributed by atoms with Crippen molar-refractivity contribution in [2.24, 2.45) is 5.92 Å². The monoisotopic (exact) mass is 235 g/mol. The van der Waals surface area contributed by atoms with Crippen molar-refractivity contribution in [2.75, 3.05) is 19.1 Å². The van der Waals surface area contributed by atoms with Crippen LogP contribution >= 0.6 is 0 Å². The maximum Gasteiger partial charge on any atom is 0.340 e. The van der Waals surface area contributed by atoms with E-state index in [4.69, 9.17) is 15.2 Å². The average molecular weight is 235 g/mol. The Labute approximate surface area is 101 Å². The Morgan fingerprint density at radius 3 is 2.94 bits per heavy atom. The molecule has 1 saturated carbocycles. The van der Waals surface area contributed by atoms with Crippen LogP contribution in [0.2, 0.25) is 0 Å². The Bertz CT molecular complexity index is 413. The molecule has 2 N–H and O–H groups in total. The zero-order chi connectivity index (χ0) is 12.3. The fourth-order valence-electron chi connectivity index (χ4n) is 1.55. The molecule has 4 heteroatoms. The van der Waals surface area contributed by atoms with Crippen molar-refractivity contribution >= 4 is 11.7 Å². The van der Waals surface area contributed by atoms with Gasteiger partial charge in [-0.05, 0) is 43.4 Å². The number of rotatable bonds is 5. The van der Waals surface area contributed by atoms with Gasteiger partial charge in [-0.25, -0.2) is 4.79 Å². The number of ether oxygens (including phenoxy) is 2. The van der Waals surface area contributed by atoms with Gasteiger partial charge in [0, 0.05) is 5.69 Å². The maximum atomic E-state index is 11.7. The van der Waals surface area contributed by atoms with E-state index >= 15 is 0 Å². The van der Waals surface area contributed by atoms with E-state index in [1.54, 1.807) is 25.1 Å². The molecule has 1 aliphatic rings. The van der Waals surface area contributed by atoms with Gasteiger partial charge in [-0.1, -0.05) is 6.07 Å². The molecule has 0 atom stereocenters. The summed E-state index contributed by atoms with van der Waals surface area (Å²) in [6.07, 6.45) is 2.45. The maximum absolute atomic E-state index is 11.7. The number of carbonyl (C=O) groups is 1. The number of esters is 1. The summed E-state index contributed by atoms with van der Waals surface area (Å²) in [4.78, 5) is 11.7. The molecule has 17 heavy (non-hydrogen) atoms. The second kappa shape index (κ2) is 5.19. The Morgan fingerprint density at radius 1 is 1.47 bits per heavy atom. The van der Waals surface area contributed by atoms with Crippen LogP contribution in [0.3, 0.4) is 0 Å². The molecule has 0 saturated heterocycles. The number of hydrogen-bond donors (Lipinski definition) is 1. The van der Waals surface area contributed by atoms with Crippen LogP contribution in [0.4, 0.5) is 5.69 Å². The topological polar surface area (TPSA) is 61.6 Å². The van der Waals surface area contributed by atoms with Crippen molar-refractivity contribution in [1.82, 2.24) is 0 Å². The first-order chi connectivity index (χ1) is 8.18. The summed E-state index contributed by atoms with van der Waals surface area (Å²) in [5, 5.41) is 0. The van der Waals surface area contributed by atoms with Gasteiger partial charge in [0.05, 0.1) is 12.2 Å². The number of hydrogen-bond acceptors (Lipinski definition) is 4. The molecule has 0 amide bonds. The zero-order valence-electron chi connectivity index (χ0n) is 9.94. The van der Waals surface area contributed by atoms with Crippen LogP contribution in [0.5, 0.6) is 0 Å². The molecular formula is C13H17NO3. The van der Waals surface area contributed by atoms with E-state index < -0.39 is 0 Å². The van der Waals surface area contributed by atoms with Gasteiger partial charge in [0.2, 0.25) is 0 Å². The molecule has 0 spiro atoms. The van der Waals surface area contributed by atoms with E-state index in [0.29, 0.717) is 23.8 Å². The number of carbonyl (C=O) groups excluding carboxylic acids is 1. The molecule has 4 nitrogen and oxygen atoms in total. The molecule has 0 aromatic heterocycles. The van der Waals surface area contributed by atoms with E-state index in [1.165, 1.54) is 12.8 Å². The third-order valence-electron chi connectivity index (χ3n) is 2.92. The van der Waals surface area contributed by atoms with Gasteiger partial charge in [0.15, 0.2) is 6.79 Å². The van der Waals surface area contributed by atoms with E-state index in [9.17, 15) is 4.79 Å². The van der Waals surface area contributed by atoms with E-state index in [-0.39, 0.29) is 12.8 Å². The molecule has 1 fully saturated rings. The lowest BCUT2D eigenvalue weighted by Gasteiger charge is -2.08. The molecule has 0 unspecified atom stereocenters. The normalized spacial score (nSPS) is 14.6. The lowest BCUT2D eigenvalue weighted by atomic mass is 10.1. The molecule has 0 bridgehead atoms.